The van der Waals surface area contributed by atoms with Gasteiger partial charge in [-0.3, -0.25) is 4.79 Å². The zero-order valence-corrected chi connectivity index (χ0v) is 11.4. The maximum atomic E-state index is 11.8. The number of nitrogens with zero attached hydrogens (tertiary/aromatic N) is 1. The summed E-state index contributed by atoms with van der Waals surface area (Å²) in [6.07, 6.45) is 0. The fourth-order valence-electron chi connectivity index (χ4n) is 1.38. The fraction of sp³-hybridized carbons (Fsp3) is 0.500. The lowest BCUT2D eigenvalue weighted by Crippen LogP contribution is -2.33. The quantitative estimate of drug-likeness (QED) is 0.892. The van der Waals surface area contributed by atoms with E-state index in [1.165, 1.54) is 0 Å². The highest BCUT2D eigenvalue weighted by Crippen LogP contribution is 2.17. The van der Waals surface area contributed by atoms with E-state index in [1.807, 2.05) is 26.8 Å². The average molecular weight is 251 g/mol. The third-order valence-corrected chi connectivity index (χ3v) is 2.45. The smallest absolute Gasteiger partial charge is 0.248 e. The van der Waals surface area contributed by atoms with E-state index in [1.54, 1.807) is 30.1 Å². The number of para-hydroxylation sites is 1. The lowest BCUT2D eigenvalue weighted by atomic mass is 10.2. The van der Waals surface area contributed by atoms with Crippen LogP contribution in [0.25, 0.3) is 0 Å². The number of hydrogen-bond acceptors (Lipinski definition) is 3. The summed E-state index contributed by atoms with van der Waals surface area (Å²) >= 11 is 0. The van der Waals surface area contributed by atoms with E-state index in [2.05, 4.69) is 0 Å². The Morgan fingerprint density at radius 2 is 1.94 bits per heavy atom. The van der Waals surface area contributed by atoms with Gasteiger partial charge in [-0.15, -0.1) is 0 Å². The van der Waals surface area contributed by atoms with Gasteiger partial charge in [0.25, 0.3) is 0 Å². The number of amides is 1. The van der Waals surface area contributed by atoms with Gasteiger partial charge in [0.1, 0.15) is 12.4 Å². The van der Waals surface area contributed by atoms with Crippen LogP contribution in [0.3, 0.4) is 0 Å². The molecule has 0 unspecified atom stereocenters. The average Bonchev–Trinajstić information content (AvgIpc) is 2.28. The molecule has 0 saturated heterocycles. The van der Waals surface area contributed by atoms with Crippen molar-refractivity contribution in [3.63, 3.8) is 0 Å². The largest absolute Gasteiger partial charge is 0.508 e. The molecular weight excluding hydrogens is 230 g/mol. The van der Waals surface area contributed by atoms with Crippen molar-refractivity contribution >= 4 is 5.91 Å². The SMILES string of the molecule is CN(Cc1ccccc1O)C(=O)COC(C)(C)C. The van der Waals surface area contributed by atoms with Gasteiger partial charge in [-0.1, -0.05) is 18.2 Å². The Morgan fingerprint density at radius 3 is 2.50 bits per heavy atom. The Kier molecular flexibility index (Phi) is 4.73. The number of rotatable bonds is 4. The van der Waals surface area contributed by atoms with Gasteiger partial charge < -0.3 is 14.7 Å². The van der Waals surface area contributed by atoms with Gasteiger partial charge in [-0.2, -0.15) is 0 Å². The minimum absolute atomic E-state index is 0.0492. The van der Waals surface area contributed by atoms with Gasteiger partial charge in [0, 0.05) is 19.2 Å². The van der Waals surface area contributed by atoms with E-state index in [0.717, 1.165) is 5.56 Å². The molecule has 1 N–H and O–H groups in total. The molecule has 1 rings (SSSR count). The van der Waals surface area contributed by atoms with Crippen molar-refractivity contribution in [1.29, 1.82) is 0 Å². The predicted molar refractivity (Wildman–Crippen MR) is 70.3 cm³/mol. The minimum atomic E-state index is -0.328. The van der Waals surface area contributed by atoms with Crippen molar-refractivity contribution in [3.05, 3.63) is 29.8 Å². The van der Waals surface area contributed by atoms with Crippen LogP contribution in [0.4, 0.5) is 0 Å². The second kappa shape index (κ2) is 5.87. The predicted octanol–water partition coefficient (Wildman–Crippen LogP) is 2.17. The van der Waals surface area contributed by atoms with Gasteiger partial charge in [-0.05, 0) is 26.8 Å². The van der Waals surface area contributed by atoms with Crippen LogP contribution in [0, 0.1) is 0 Å². The van der Waals surface area contributed by atoms with Crippen molar-refractivity contribution < 1.29 is 14.6 Å². The molecular formula is C14H21NO3. The first-order valence-electron chi connectivity index (χ1n) is 5.94. The number of likely N-dealkylation sites (N-methyl/N-ethyl adjacent to an activating group) is 1. The Balaban J connectivity index is 2.53. The van der Waals surface area contributed by atoms with Crippen LogP contribution in [-0.4, -0.2) is 35.2 Å². The van der Waals surface area contributed by atoms with Crippen molar-refractivity contribution in [2.24, 2.45) is 0 Å². The van der Waals surface area contributed by atoms with E-state index in [0.29, 0.717) is 6.54 Å². The van der Waals surface area contributed by atoms with Crippen molar-refractivity contribution in [1.82, 2.24) is 4.90 Å². The lowest BCUT2D eigenvalue weighted by molar-refractivity contribution is -0.140. The minimum Gasteiger partial charge on any atom is -0.508 e. The summed E-state index contributed by atoms with van der Waals surface area (Å²) in [6.45, 7) is 6.14. The molecule has 0 bridgehead atoms. The first-order chi connectivity index (χ1) is 8.29. The Bertz CT molecular complexity index is 410. The van der Waals surface area contributed by atoms with Crippen LogP contribution in [0.5, 0.6) is 5.75 Å². The van der Waals surface area contributed by atoms with Gasteiger partial charge in [0.15, 0.2) is 0 Å². The van der Waals surface area contributed by atoms with Crippen LogP contribution >= 0.6 is 0 Å². The number of carbonyl (C=O) groups is 1. The maximum absolute atomic E-state index is 11.8. The third-order valence-electron chi connectivity index (χ3n) is 2.45. The molecule has 0 aromatic heterocycles. The van der Waals surface area contributed by atoms with Crippen LogP contribution in [0.2, 0.25) is 0 Å². The molecule has 4 heteroatoms. The van der Waals surface area contributed by atoms with E-state index in [9.17, 15) is 9.90 Å². The normalized spacial score (nSPS) is 11.3. The standard InChI is InChI=1S/C14H21NO3/c1-14(2,3)18-10-13(17)15(4)9-11-7-5-6-8-12(11)16/h5-8,16H,9-10H2,1-4H3. The Hall–Kier alpha value is -1.55. The lowest BCUT2D eigenvalue weighted by Gasteiger charge is -2.22. The van der Waals surface area contributed by atoms with Crippen molar-refractivity contribution in [2.75, 3.05) is 13.7 Å². The summed E-state index contributed by atoms with van der Waals surface area (Å²) in [5, 5.41) is 9.63. The molecule has 1 amide bonds. The van der Waals surface area contributed by atoms with Crippen LogP contribution in [0.15, 0.2) is 24.3 Å². The van der Waals surface area contributed by atoms with E-state index in [4.69, 9.17) is 4.74 Å². The number of phenols is 1. The highest BCUT2D eigenvalue weighted by Gasteiger charge is 2.16. The second-order valence-electron chi connectivity index (χ2n) is 5.28. The van der Waals surface area contributed by atoms with Gasteiger partial charge in [0.2, 0.25) is 5.91 Å². The molecule has 0 atom stereocenters. The number of carbonyl (C=O) groups excluding carboxylic acids is 1. The monoisotopic (exact) mass is 251 g/mol. The van der Waals surface area contributed by atoms with E-state index >= 15 is 0 Å². The molecule has 0 aliphatic heterocycles. The molecule has 0 saturated carbocycles. The molecule has 0 fully saturated rings. The molecule has 0 spiro atoms. The first-order valence-corrected chi connectivity index (χ1v) is 5.94. The second-order valence-corrected chi connectivity index (χ2v) is 5.28. The van der Waals surface area contributed by atoms with E-state index < -0.39 is 0 Å². The molecule has 4 nitrogen and oxygen atoms in total. The molecule has 18 heavy (non-hydrogen) atoms. The fourth-order valence-corrected chi connectivity index (χ4v) is 1.38. The number of aromatic hydroxyl groups is 1. The van der Waals surface area contributed by atoms with Gasteiger partial charge in [-0.25, -0.2) is 0 Å². The Morgan fingerprint density at radius 1 is 1.33 bits per heavy atom. The number of ether oxygens (including phenoxy) is 1. The summed E-state index contributed by atoms with van der Waals surface area (Å²) in [6, 6.07) is 6.99. The summed E-state index contributed by atoms with van der Waals surface area (Å²) in [5.41, 5.74) is 0.398. The van der Waals surface area contributed by atoms with Crippen LogP contribution < -0.4 is 0 Å². The Labute approximate surface area is 108 Å². The summed E-state index contributed by atoms with van der Waals surface area (Å²) in [7, 11) is 1.70. The summed E-state index contributed by atoms with van der Waals surface area (Å²) < 4.78 is 5.43. The zero-order valence-electron chi connectivity index (χ0n) is 11.4. The maximum Gasteiger partial charge on any atom is 0.248 e. The molecule has 0 aliphatic carbocycles. The van der Waals surface area contributed by atoms with Gasteiger partial charge in [0.05, 0.1) is 5.60 Å². The molecule has 0 aliphatic rings. The topological polar surface area (TPSA) is 49.8 Å². The number of phenolic OH excluding ortho intramolecular Hbond substituents is 1. The highest BCUT2D eigenvalue weighted by molar-refractivity contribution is 5.77. The van der Waals surface area contributed by atoms with Crippen molar-refractivity contribution in [2.45, 2.75) is 32.9 Å². The van der Waals surface area contributed by atoms with Gasteiger partial charge >= 0.3 is 0 Å². The molecule has 1 aromatic rings. The summed E-state index contributed by atoms with van der Waals surface area (Å²) in [4.78, 5) is 13.4. The van der Waals surface area contributed by atoms with Crippen LogP contribution in [0.1, 0.15) is 26.3 Å². The first kappa shape index (κ1) is 14.5. The summed E-state index contributed by atoms with van der Waals surface area (Å²) in [5.74, 6) is 0.0991. The molecule has 0 heterocycles. The number of benzene rings is 1. The third kappa shape index (κ3) is 4.75. The molecule has 100 valence electrons. The zero-order chi connectivity index (χ0) is 13.8. The molecule has 1 aromatic carbocycles. The van der Waals surface area contributed by atoms with Crippen molar-refractivity contribution in [3.8, 4) is 5.75 Å². The van der Waals surface area contributed by atoms with Crippen LogP contribution in [-0.2, 0) is 16.1 Å². The number of hydrogen-bond donors (Lipinski definition) is 1. The highest BCUT2D eigenvalue weighted by atomic mass is 16.5. The van der Waals surface area contributed by atoms with E-state index in [-0.39, 0.29) is 23.9 Å². The molecule has 0 radical (unpaired) electrons.